The maximum absolute atomic E-state index is 12.2. The molecule has 2 unspecified atom stereocenters. The first-order chi connectivity index (χ1) is 9.67. The Labute approximate surface area is 120 Å². The van der Waals surface area contributed by atoms with Crippen LogP contribution in [0.1, 0.15) is 31.2 Å². The van der Waals surface area contributed by atoms with Crippen LogP contribution in [0.3, 0.4) is 0 Å². The van der Waals surface area contributed by atoms with Crippen molar-refractivity contribution in [2.45, 2.75) is 41.8 Å². The van der Waals surface area contributed by atoms with Gasteiger partial charge in [-0.2, -0.15) is 0 Å². The lowest BCUT2D eigenvalue weighted by Gasteiger charge is -2.36. The van der Waals surface area contributed by atoms with Crippen LogP contribution in [0, 0.1) is 0 Å². The summed E-state index contributed by atoms with van der Waals surface area (Å²) in [7, 11) is -0.748. The second-order valence-electron chi connectivity index (χ2n) is 5.97. The lowest BCUT2D eigenvalue weighted by Crippen LogP contribution is -2.40. The summed E-state index contributed by atoms with van der Waals surface area (Å²) in [6.45, 7) is 0. The summed E-state index contributed by atoms with van der Waals surface area (Å²) in [6.07, 6.45) is 4.97. The van der Waals surface area contributed by atoms with Gasteiger partial charge in [0.05, 0.1) is 11.1 Å². The molecule has 2 aliphatic heterocycles. The third kappa shape index (κ3) is 1.75. The van der Waals surface area contributed by atoms with Crippen LogP contribution in [-0.4, -0.2) is 24.8 Å². The van der Waals surface area contributed by atoms with E-state index in [2.05, 4.69) is 4.98 Å². The van der Waals surface area contributed by atoms with Crippen LogP contribution in [-0.2, 0) is 16.4 Å². The van der Waals surface area contributed by atoms with Crippen molar-refractivity contribution in [3.63, 3.8) is 0 Å². The van der Waals surface area contributed by atoms with Crippen LogP contribution in [0.2, 0.25) is 0 Å². The highest BCUT2D eigenvalue weighted by atomic mass is 32.2. The molecule has 2 fully saturated rings. The lowest BCUT2D eigenvalue weighted by molar-refractivity contribution is 0.0199. The number of aromatic nitrogens is 1. The summed E-state index contributed by atoms with van der Waals surface area (Å²) in [5, 5.41) is 12.5. The molecule has 2 atom stereocenters. The number of hydrogen-bond donors (Lipinski definition) is 1. The molecule has 0 spiro atoms. The van der Waals surface area contributed by atoms with E-state index in [4.69, 9.17) is 0 Å². The number of hydrogen-bond acceptors (Lipinski definition) is 3. The predicted molar refractivity (Wildman–Crippen MR) is 79.8 cm³/mol. The average Bonchev–Trinajstić information content (AvgIpc) is 2.70. The Morgan fingerprint density at radius 1 is 1.15 bits per heavy atom. The van der Waals surface area contributed by atoms with E-state index in [0.29, 0.717) is 12.8 Å². The van der Waals surface area contributed by atoms with Crippen molar-refractivity contribution < 1.29 is 9.32 Å². The molecule has 20 heavy (non-hydrogen) atoms. The van der Waals surface area contributed by atoms with Crippen LogP contribution in [0.4, 0.5) is 0 Å². The number of fused-ring (bicyclic) bond motifs is 3. The molecule has 1 aromatic heterocycles. The first-order valence-electron chi connectivity index (χ1n) is 7.13. The van der Waals surface area contributed by atoms with Crippen molar-refractivity contribution >= 4 is 21.7 Å². The van der Waals surface area contributed by atoms with Crippen LogP contribution < -0.4 is 0 Å². The maximum atomic E-state index is 12.2. The Kier molecular flexibility index (Phi) is 2.72. The summed E-state index contributed by atoms with van der Waals surface area (Å²) in [5.41, 5.74) is 1.02. The standard InChI is InChI=1S/C16H17NO2S/c18-16(9-11-5-6-12(10-16)20(11)19)14-7-8-17-15-4-2-1-3-13(14)15/h1-4,7-8,11-12,18H,5-6,9-10H2. The fourth-order valence-electron chi connectivity index (χ4n) is 3.80. The first kappa shape index (κ1) is 12.5. The Hall–Kier alpha value is -1.26. The van der Waals surface area contributed by atoms with E-state index in [1.807, 2.05) is 30.3 Å². The van der Waals surface area contributed by atoms with Gasteiger partial charge in [0, 0.05) is 32.9 Å². The Morgan fingerprint density at radius 2 is 1.85 bits per heavy atom. The fraction of sp³-hybridized carbons (Fsp3) is 0.438. The molecule has 3 nitrogen and oxygen atoms in total. The first-order valence-corrected chi connectivity index (χ1v) is 8.41. The quantitative estimate of drug-likeness (QED) is 0.876. The monoisotopic (exact) mass is 287 g/mol. The summed E-state index contributed by atoms with van der Waals surface area (Å²) in [5.74, 6) is 0. The molecule has 0 radical (unpaired) electrons. The minimum absolute atomic E-state index is 0.158. The van der Waals surface area contributed by atoms with E-state index in [-0.39, 0.29) is 10.5 Å². The molecule has 1 aromatic carbocycles. The van der Waals surface area contributed by atoms with Gasteiger partial charge in [-0.05, 0) is 43.4 Å². The summed E-state index contributed by atoms with van der Waals surface area (Å²) in [6, 6.07) is 9.85. The van der Waals surface area contributed by atoms with Crippen molar-refractivity contribution in [3.8, 4) is 0 Å². The van der Waals surface area contributed by atoms with E-state index in [0.717, 1.165) is 29.3 Å². The molecule has 104 valence electrons. The second kappa shape index (κ2) is 4.37. The second-order valence-corrected chi connectivity index (χ2v) is 7.96. The summed E-state index contributed by atoms with van der Waals surface area (Å²) in [4.78, 5) is 4.37. The number of benzene rings is 1. The predicted octanol–water partition coefficient (Wildman–Crippen LogP) is 2.50. The maximum Gasteiger partial charge on any atom is 0.0926 e. The highest BCUT2D eigenvalue weighted by Gasteiger charge is 2.48. The minimum Gasteiger partial charge on any atom is -0.385 e. The number of para-hydroxylation sites is 1. The smallest absolute Gasteiger partial charge is 0.0926 e. The number of nitrogens with zero attached hydrogens (tertiary/aromatic N) is 1. The van der Waals surface area contributed by atoms with Gasteiger partial charge >= 0.3 is 0 Å². The van der Waals surface area contributed by atoms with Gasteiger partial charge < -0.3 is 5.11 Å². The van der Waals surface area contributed by atoms with Gasteiger partial charge in [-0.25, -0.2) is 0 Å². The molecule has 2 aromatic rings. The molecule has 0 amide bonds. The highest BCUT2D eigenvalue weighted by molar-refractivity contribution is 7.86. The van der Waals surface area contributed by atoms with E-state index >= 15 is 0 Å². The molecule has 2 saturated heterocycles. The van der Waals surface area contributed by atoms with Gasteiger partial charge in [0.25, 0.3) is 0 Å². The normalized spacial score (nSPS) is 36.4. The van der Waals surface area contributed by atoms with Gasteiger partial charge in [-0.1, -0.05) is 18.2 Å². The van der Waals surface area contributed by atoms with E-state index in [1.165, 1.54) is 0 Å². The fourth-order valence-corrected chi connectivity index (χ4v) is 5.96. The SMILES string of the molecule is O=S1C2CCC1CC(O)(c1ccnc3ccccc13)C2. The number of rotatable bonds is 1. The third-order valence-electron chi connectivity index (χ3n) is 4.75. The van der Waals surface area contributed by atoms with Crippen molar-refractivity contribution in [2.75, 3.05) is 0 Å². The Balaban J connectivity index is 1.85. The third-order valence-corrected chi connectivity index (χ3v) is 6.87. The van der Waals surface area contributed by atoms with Gasteiger partial charge in [0.2, 0.25) is 0 Å². The zero-order valence-corrected chi connectivity index (χ0v) is 12.0. The van der Waals surface area contributed by atoms with Crippen molar-refractivity contribution in [2.24, 2.45) is 0 Å². The molecule has 4 rings (SSSR count). The Morgan fingerprint density at radius 3 is 2.60 bits per heavy atom. The van der Waals surface area contributed by atoms with E-state index in [1.54, 1.807) is 6.20 Å². The van der Waals surface area contributed by atoms with Crippen molar-refractivity contribution in [1.29, 1.82) is 0 Å². The van der Waals surface area contributed by atoms with Gasteiger partial charge in [-0.3, -0.25) is 9.19 Å². The molecule has 1 N–H and O–H groups in total. The van der Waals surface area contributed by atoms with Gasteiger partial charge in [0.1, 0.15) is 0 Å². The average molecular weight is 287 g/mol. The van der Waals surface area contributed by atoms with E-state index in [9.17, 15) is 9.32 Å². The highest BCUT2D eigenvalue weighted by Crippen LogP contribution is 2.47. The van der Waals surface area contributed by atoms with Crippen LogP contribution in [0.5, 0.6) is 0 Å². The van der Waals surface area contributed by atoms with Crippen LogP contribution in [0.15, 0.2) is 36.5 Å². The van der Waals surface area contributed by atoms with Gasteiger partial charge in [-0.15, -0.1) is 0 Å². The molecule has 2 bridgehead atoms. The molecule has 0 saturated carbocycles. The van der Waals surface area contributed by atoms with Gasteiger partial charge in [0.15, 0.2) is 0 Å². The Bertz CT molecular complexity index is 678. The zero-order chi connectivity index (χ0) is 13.7. The molecule has 4 heteroatoms. The number of pyridine rings is 1. The summed E-state index contributed by atoms with van der Waals surface area (Å²) < 4.78 is 12.2. The molecule has 3 heterocycles. The molecule has 2 aliphatic rings. The molecule has 0 aliphatic carbocycles. The number of aliphatic hydroxyl groups is 1. The molecular formula is C16H17NO2S. The molecular weight excluding hydrogens is 270 g/mol. The summed E-state index contributed by atoms with van der Waals surface area (Å²) >= 11 is 0. The van der Waals surface area contributed by atoms with Crippen LogP contribution in [0.25, 0.3) is 10.9 Å². The van der Waals surface area contributed by atoms with Crippen molar-refractivity contribution in [3.05, 3.63) is 42.1 Å². The minimum atomic E-state index is -0.845. The van der Waals surface area contributed by atoms with E-state index < -0.39 is 16.4 Å². The van der Waals surface area contributed by atoms with Crippen molar-refractivity contribution in [1.82, 2.24) is 4.98 Å². The lowest BCUT2D eigenvalue weighted by atomic mass is 9.84. The van der Waals surface area contributed by atoms with Crippen LogP contribution >= 0.6 is 0 Å². The topological polar surface area (TPSA) is 50.2 Å². The largest absolute Gasteiger partial charge is 0.385 e. The zero-order valence-electron chi connectivity index (χ0n) is 11.2.